The molecule has 2 fully saturated rings. The number of benzene rings is 1. The van der Waals surface area contributed by atoms with E-state index >= 15 is 0 Å². The van der Waals surface area contributed by atoms with Crippen molar-refractivity contribution in [2.75, 3.05) is 32.1 Å². The van der Waals surface area contributed by atoms with Gasteiger partial charge in [0.2, 0.25) is 0 Å². The second-order valence-electron chi connectivity index (χ2n) is 8.46. The molecule has 1 aromatic carbocycles. The fourth-order valence-corrected chi connectivity index (χ4v) is 4.65. The van der Waals surface area contributed by atoms with E-state index in [0.717, 1.165) is 49.2 Å². The second-order valence-corrected chi connectivity index (χ2v) is 8.46. The molecule has 5 rings (SSSR count). The molecule has 0 amide bonds. The highest BCUT2D eigenvalue weighted by Crippen LogP contribution is 2.41. The monoisotopic (exact) mass is 381 g/mol. The Hall–Kier alpha value is -2.01. The summed E-state index contributed by atoms with van der Waals surface area (Å²) in [5.74, 6) is 1.66. The molecule has 0 spiro atoms. The van der Waals surface area contributed by atoms with Crippen LogP contribution in [-0.4, -0.2) is 48.8 Å². The Morgan fingerprint density at radius 3 is 2.64 bits per heavy atom. The van der Waals surface area contributed by atoms with Gasteiger partial charge in [0, 0.05) is 42.0 Å². The van der Waals surface area contributed by atoms with Crippen LogP contribution in [0.3, 0.4) is 0 Å². The number of likely N-dealkylation sites (tertiary alicyclic amines) is 1. The van der Waals surface area contributed by atoms with Crippen LogP contribution in [0.25, 0.3) is 10.9 Å². The van der Waals surface area contributed by atoms with Gasteiger partial charge in [-0.05, 0) is 63.1 Å². The van der Waals surface area contributed by atoms with E-state index in [2.05, 4.69) is 29.3 Å². The fraction of sp³-hybridized carbons (Fsp3) is 0.609. The zero-order valence-electron chi connectivity index (χ0n) is 17.1. The number of rotatable bonds is 6. The number of pyridine rings is 1. The summed E-state index contributed by atoms with van der Waals surface area (Å²) < 4.78 is 11.8. The Balaban J connectivity index is 1.52. The van der Waals surface area contributed by atoms with Crippen molar-refractivity contribution in [3.63, 3.8) is 0 Å². The third-order valence-corrected chi connectivity index (χ3v) is 6.50. The Morgan fingerprint density at radius 2 is 1.93 bits per heavy atom. The highest BCUT2D eigenvalue weighted by molar-refractivity contribution is 5.96. The van der Waals surface area contributed by atoms with Gasteiger partial charge in [-0.3, -0.25) is 4.98 Å². The van der Waals surface area contributed by atoms with Gasteiger partial charge in [-0.25, -0.2) is 0 Å². The lowest BCUT2D eigenvalue weighted by Gasteiger charge is -2.32. The summed E-state index contributed by atoms with van der Waals surface area (Å²) in [6.07, 6.45) is 8.44. The van der Waals surface area contributed by atoms with Crippen LogP contribution in [-0.2, 0) is 12.8 Å². The number of hydrogen-bond donors (Lipinski definition) is 1. The number of fused-ring (bicyclic) bond motifs is 2. The molecule has 1 N–H and O–H groups in total. The van der Waals surface area contributed by atoms with Crippen molar-refractivity contribution >= 4 is 16.6 Å². The van der Waals surface area contributed by atoms with E-state index in [9.17, 15) is 0 Å². The molecule has 1 aliphatic heterocycles. The maximum Gasteiger partial charge on any atom is 0.163 e. The van der Waals surface area contributed by atoms with Crippen LogP contribution < -0.4 is 14.8 Å². The number of aromatic nitrogens is 1. The lowest BCUT2D eigenvalue weighted by molar-refractivity contribution is 0.229. The Kier molecular flexibility index (Phi) is 4.79. The summed E-state index contributed by atoms with van der Waals surface area (Å²) >= 11 is 0. The number of ether oxygens (including phenoxy) is 2. The third-order valence-electron chi connectivity index (χ3n) is 6.50. The zero-order chi connectivity index (χ0) is 19.1. The van der Waals surface area contributed by atoms with Gasteiger partial charge in [-0.2, -0.15) is 0 Å². The van der Waals surface area contributed by atoms with Crippen molar-refractivity contribution in [1.29, 1.82) is 0 Å². The fourth-order valence-electron chi connectivity index (χ4n) is 4.65. The molecule has 0 radical (unpaired) electrons. The van der Waals surface area contributed by atoms with Crippen molar-refractivity contribution in [2.45, 2.75) is 64.0 Å². The van der Waals surface area contributed by atoms with Crippen LogP contribution in [0.5, 0.6) is 11.5 Å². The predicted octanol–water partition coefficient (Wildman–Crippen LogP) is 4.17. The van der Waals surface area contributed by atoms with Crippen molar-refractivity contribution in [3.8, 4) is 11.5 Å². The first-order valence-electron chi connectivity index (χ1n) is 10.9. The number of aryl methyl sites for hydroxylation is 1. The first-order chi connectivity index (χ1) is 13.7. The SMILES string of the molecule is CCN1CCC(Nc2c3c(nc4cc(OC5CC5)c(OC)cc24)CCC3)CC1. The minimum absolute atomic E-state index is 0.349. The van der Waals surface area contributed by atoms with Gasteiger partial charge >= 0.3 is 0 Å². The molecule has 0 bridgehead atoms. The summed E-state index contributed by atoms with van der Waals surface area (Å²) in [7, 11) is 1.73. The van der Waals surface area contributed by atoms with E-state index in [1.807, 2.05) is 0 Å². The maximum atomic E-state index is 6.10. The van der Waals surface area contributed by atoms with Gasteiger partial charge in [-0.15, -0.1) is 0 Å². The molecule has 2 heterocycles. The summed E-state index contributed by atoms with van der Waals surface area (Å²) in [6, 6.07) is 4.77. The van der Waals surface area contributed by atoms with E-state index < -0.39 is 0 Å². The van der Waals surface area contributed by atoms with E-state index in [4.69, 9.17) is 14.5 Å². The van der Waals surface area contributed by atoms with Crippen LogP contribution in [0, 0.1) is 0 Å². The highest BCUT2D eigenvalue weighted by Gasteiger charge is 2.27. The van der Waals surface area contributed by atoms with E-state index in [-0.39, 0.29) is 0 Å². The number of anilines is 1. The van der Waals surface area contributed by atoms with Gasteiger partial charge in [0.15, 0.2) is 11.5 Å². The number of methoxy groups -OCH3 is 1. The molecule has 0 unspecified atom stereocenters. The first-order valence-corrected chi connectivity index (χ1v) is 10.9. The molecule has 3 aliphatic rings. The molecule has 5 heteroatoms. The van der Waals surface area contributed by atoms with Gasteiger partial charge < -0.3 is 19.7 Å². The van der Waals surface area contributed by atoms with Crippen LogP contribution in [0.1, 0.15) is 50.3 Å². The third kappa shape index (κ3) is 3.41. The van der Waals surface area contributed by atoms with Crippen LogP contribution in [0.15, 0.2) is 12.1 Å². The topological polar surface area (TPSA) is 46.6 Å². The average Bonchev–Trinajstić information content (AvgIpc) is 3.41. The molecule has 1 saturated carbocycles. The molecule has 0 atom stereocenters. The van der Waals surface area contributed by atoms with E-state index in [1.165, 1.54) is 54.7 Å². The van der Waals surface area contributed by atoms with Crippen molar-refractivity contribution in [2.24, 2.45) is 0 Å². The van der Waals surface area contributed by atoms with Gasteiger partial charge in [0.05, 0.1) is 18.7 Å². The van der Waals surface area contributed by atoms with E-state index in [1.54, 1.807) is 7.11 Å². The van der Waals surface area contributed by atoms with Crippen LogP contribution in [0.4, 0.5) is 5.69 Å². The molecule has 150 valence electrons. The van der Waals surface area contributed by atoms with Crippen molar-refractivity contribution < 1.29 is 9.47 Å². The molecular formula is C23H31N3O2. The minimum atomic E-state index is 0.349. The van der Waals surface area contributed by atoms with Gasteiger partial charge in [0.25, 0.3) is 0 Å². The average molecular weight is 382 g/mol. The van der Waals surface area contributed by atoms with Gasteiger partial charge in [-0.1, -0.05) is 6.92 Å². The molecule has 1 saturated heterocycles. The maximum absolute atomic E-state index is 6.10. The molecule has 5 nitrogen and oxygen atoms in total. The Labute approximate surface area is 167 Å². The minimum Gasteiger partial charge on any atom is -0.493 e. The normalized spacial score (nSPS) is 20.4. The number of hydrogen-bond acceptors (Lipinski definition) is 5. The number of nitrogens with zero attached hydrogens (tertiary/aromatic N) is 2. The highest BCUT2D eigenvalue weighted by atomic mass is 16.5. The van der Waals surface area contributed by atoms with Crippen LogP contribution >= 0.6 is 0 Å². The number of nitrogens with one attached hydrogen (secondary N) is 1. The predicted molar refractivity (Wildman–Crippen MR) is 113 cm³/mol. The summed E-state index contributed by atoms with van der Waals surface area (Å²) in [4.78, 5) is 7.55. The summed E-state index contributed by atoms with van der Waals surface area (Å²) in [5.41, 5.74) is 5.01. The second kappa shape index (κ2) is 7.43. The Morgan fingerprint density at radius 1 is 1.11 bits per heavy atom. The molecule has 2 aromatic rings. The zero-order valence-corrected chi connectivity index (χ0v) is 17.1. The lowest BCUT2D eigenvalue weighted by atomic mass is 10.0. The van der Waals surface area contributed by atoms with Crippen LogP contribution in [0.2, 0.25) is 0 Å². The van der Waals surface area contributed by atoms with Crippen molar-refractivity contribution in [3.05, 3.63) is 23.4 Å². The first kappa shape index (κ1) is 18.0. The van der Waals surface area contributed by atoms with Gasteiger partial charge in [0.1, 0.15) is 0 Å². The Bertz CT molecular complexity index is 870. The largest absolute Gasteiger partial charge is 0.493 e. The molecule has 28 heavy (non-hydrogen) atoms. The van der Waals surface area contributed by atoms with Crippen molar-refractivity contribution in [1.82, 2.24) is 9.88 Å². The quantitative estimate of drug-likeness (QED) is 0.814. The summed E-state index contributed by atoms with van der Waals surface area (Å²) in [6.45, 7) is 5.77. The number of piperidine rings is 1. The lowest BCUT2D eigenvalue weighted by Crippen LogP contribution is -2.39. The molecular weight excluding hydrogens is 350 g/mol. The van der Waals surface area contributed by atoms with E-state index in [0.29, 0.717) is 12.1 Å². The smallest absolute Gasteiger partial charge is 0.163 e. The molecule has 2 aliphatic carbocycles. The standard InChI is InChI=1S/C23H31N3O2/c1-3-26-11-9-15(10-12-26)24-23-17-5-4-6-19(17)25-20-14-22(28-16-7-8-16)21(27-2)13-18(20)23/h13-16H,3-12H2,1-2H3,(H,24,25). The molecule has 1 aromatic heterocycles. The summed E-state index contributed by atoms with van der Waals surface area (Å²) in [5, 5.41) is 5.11.